The molecule has 2 heterocycles. The van der Waals surface area contributed by atoms with Crippen LogP contribution in [0.2, 0.25) is 0 Å². The molecule has 0 bridgehead atoms. The van der Waals surface area contributed by atoms with Crippen molar-refractivity contribution < 1.29 is 4.79 Å². The Balaban J connectivity index is 3.01. The highest BCUT2D eigenvalue weighted by Crippen LogP contribution is 2.22. The van der Waals surface area contributed by atoms with Gasteiger partial charge in [-0.05, 0) is 19.4 Å². The number of hydrogen-bond donors (Lipinski definition) is 1. The van der Waals surface area contributed by atoms with Crippen LogP contribution in [0.1, 0.15) is 21.6 Å². The van der Waals surface area contributed by atoms with Crippen LogP contribution in [0.25, 0.3) is 5.52 Å². The number of fused-ring (bicyclic) bond motifs is 1. The maximum Gasteiger partial charge on any atom is 0.152 e. The van der Waals surface area contributed by atoms with Gasteiger partial charge in [-0.15, -0.1) is 0 Å². The van der Waals surface area contributed by atoms with Crippen molar-refractivity contribution in [2.75, 3.05) is 5.73 Å². The number of carbonyl (C=O) groups excluding carboxylic acids is 1. The standard InChI is InChI=1S/C9H10N4O/c1-5-7(3-14)6(2)13-8(5)9(10)11-4-12-13/h3-4H,1-2H3,(H2,10,11,12). The van der Waals surface area contributed by atoms with Crippen molar-refractivity contribution in [2.45, 2.75) is 13.8 Å². The lowest BCUT2D eigenvalue weighted by Crippen LogP contribution is -2.00. The highest BCUT2D eigenvalue weighted by atomic mass is 16.1. The number of aromatic nitrogens is 3. The number of anilines is 1. The summed E-state index contributed by atoms with van der Waals surface area (Å²) in [7, 11) is 0. The second-order valence-electron chi connectivity index (χ2n) is 3.15. The maximum atomic E-state index is 10.8. The highest BCUT2D eigenvalue weighted by Gasteiger charge is 2.14. The summed E-state index contributed by atoms with van der Waals surface area (Å²) in [4.78, 5) is 14.7. The fraction of sp³-hybridized carbons (Fsp3) is 0.222. The van der Waals surface area contributed by atoms with Gasteiger partial charge in [-0.25, -0.2) is 9.50 Å². The van der Waals surface area contributed by atoms with Gasteiger partial charge in [-0.1, -0.05) is 0 Å². The number of carbonyl (C=O) groups is 1. The molecule has 0 aliphatic carbocycles. The fourth-order valence-corrected chi connectivity index (χ4v) is 1.66. The van der Waals surface area contributed by atoms with Gasteiger partial charge in [0.1, 0.15) is 11.8 Å². The van der Waals surface area contributed by atoms with E-state index in [1.54, 1.807) is 4.52 Å². The zero-order chi connectivity index (χ0) is 10.3. The quantitative estimate of drug-likeness (QED) is 0.673. The first-order chi connectivity index (χ1) is 6.66. The largest absolute Gasteiger partial charge is 0.382 e. The van der Waals surface area contributed by atoms with Crippen molar-refractivity contribution in [3.05, 3.63) is 23.1 Å². The Bertz CT molecular complexity index is 515. The van der Waals surface area contributed by atoms with E-state index in [-0.39, 0.29) is 0 Å². The SMILES string of the molecule is Cc1c(C=O)c(C)n2ncnc(N)c12. The van der Waals surface area contributed by atoms with Gasteiger partial charge in [0.05, 0.1) is 5.69 Å². The molecule has 14 heavy (non-hydrogen) atoms. The molecule has 0 aromatic carbocycles. The Morgan fingerprint density at radius 1 is 1.50 bits per heavy atom. The summed E-state index contributed by atoms with van der Waals surface area (Å²) in [6.45, 7) is 3.67. The first kappa shape index (κ1) is 8.68. The van der Waals surface area contributed by atoms with Gasteiger partial charge < -0.3 is 5.73 Å². The zero-order valence-corrected chi connectivity index (χ0v) is 7.98. The molecule has 0 atom stereocenters. The van der Waals surface area contributed by atoms with Crippen LogP contribution in [-0.2, 0) is 0 Å². The molecular weight excluding hydrogens is 180 g/mol. The Labute approximate surface area is 80.6 Å². The Kier molecular flexibility index (Phi) is 1.73. The normalized spacial score (nSPS) is 10.7. The van der Waals surface area contributed by atoms with Crippen molar-refractivity contribution in [1.29, 1.82) is 0 Å². The minimum absolute atomic E-state index is 0.397. The molecule has 0 unspecified atom stereocenters. The van der Waals surface area contributed by atoms with Crippen LogP contribution in [0.15, 0.2) is 6.33 Å². The van der Waals surface area contributed by atoms with E-state index in [0.29, 0.717) is 16.9 Å². The van der Waals surface area contributed by atoms with E-state index in [0.717, 1.165) is 17.5 Å². The van der Waals surface area contributed by atoms with E-state index in [1.165, 1.54) is 6.33 Å². The van der Waals surface area contributed by atoms with Gasteiger partial charge in [-0.2, -0.15) is 5.10 Å². The summed E-state index contributed by atoms with van der Waals surface area (Å²) < 4.78 is 1.64. The molecule has 2 aromatic heterocycles. The lowest BCUT2D eigenvalue weighted by molar-refractivity contribution is 0.112. The third-order valence-corrected chi connectivity index (χ3v) is 2.40. The number of aldehydes is 1. The summed E-state index contributed by atoms with van der Waals surface area (Å²) in [5, 5.41) is 4.04. The third-order valence-electron chi connectivity index (χ3n) is 2.40. The van der Waals surface area contributed by atoms with Gasteiger partial charge in [0.25, 0.3) is 0 Å². The molecular formula is C9H10N4O. The van der Waals surface area contributed by atoms with E-state index < -0.39 is 0 Å². The number of aryl methyl sites for hydroxylation is 2. The molecule has 2 aromatic rings. The molecule has 2 N–H and O–H groups in total. The van der Waals surface area contributed by atoms with Gasteiger partial charge in [-0.3, -0.25) is 4.79 Å². The van der Waals surface area contributed by atoms with Gasteiger partial charge in [0.2, 0.25) is 0 Å². The van der Waals surface area contributed by atoms with E-state index >= 15 is 0 Å². The van der Waals surface area contributed by atoms with Crippen LogP contribution in [-0.4, -0.2) is 20.9 Å². The number of nitrogens with two attached hydrogens (primary N) is 1. The molecule has 2 rings (SSSR count). The Morgan fingerprint density at radius 2 is 2.21 bits per heavy atom. The lowest BCUT2D eigenvalue weighted by Gasteiger charge is -1.97. The van der Waals surface area contributed by atoms with Crippen LogP contribution in [0, 0.1) is 13.8 Å². The predicted octanol–water partition coefficient (Wildman–Crippen LogP) is 0.741. The number of nitrogen functional groups attached to an aromatic ring is 1. The average molecular weight is 190 g/mol. The predicted molar refractivity (Wildman–Crippen MR) is 52.3 cm³/mol. The smallest absolute Gasteiger partial charge is 0.152 e. The van der Waals surface area contributed by atoms with Crippen molar-refractivity contribution >= 4 is 17.6 Å². The summed E-state index contributed by atoms with van der Waals surface area (Å²) >= 11 is 0. The lowest BCUT2D eigenvalue weighted by atomic mass is 10.2. The monoisotopic (exact) mass is 190 g/mol. The molecule has 0 amide bonds. The summed E-state index contributed by atoms with van der Waals surface area (Å²) in [6, 6.07) is 0. The first-order valence-electron chi connectivity index (χ1n) is 4.20. The van der Waals surface area contributed by atoms with Crippen LogP contribution < -0.4 is 5.73 Å². The summed E-state index contributed by atoms with van der Waals surface area (Å²) in [5.74, 6) is 0.397. The minimum atomic E-state index is 0.397. The van der Waals surface area contributed by atoms with E-state index in [2.05, 4.69) is 10.1 Å². The molecule has 5 nitrogen and oxygen atoms in total. The van der Waals surface area contributed by atoms with Gasteiger partial charge in [0.15, 0.2) is 12.1 Å². The number of rotatable bonds is 1. The second-order valence-corrected chi connectivity index (χ2v) is 3.15. The molecule has 0 aliphatic rings. The van der Waals surface area contributed by atoms with Crippen LogP contribution >= 0.6 is 0 Å². The molecule has 0 radical (unpaired) electrons. The maximum absolute atomic E-state index is 10.8. The average Bonchev–Trinajstić information content (AvgIpc) is 2.41. The zero-order valence-electron chi connectivity index (χ0n) is 7.98. The molecule has 0 saturated heterocycles. The highest BCUT2D eigenvalue weighted by molar-refractivity contribution is 5.87. The molecule has 5 heteroatoms. The van der Waals surface area contributed by atoms with Gasteiger partial charge in [0, 0.05) is 5.56 Å². The number of hydrogen-bond acceptors (Lipinski definition) is 4. The van der Waals surface area contributed by atoms with E-state index in [4.69, 9.17) is 5.73 Å². The Morgan fingerprint density at radius 3 is 2.79 bits per heavy atom. The topological polar surface area (TPSA) is 73.3 Å². The fourth-order valence-electron chi connectivity index (χ4n) is 1.66. The van der Waals surface area contributed by atoms with Crippen LogP contribution in [0.5, 0.6) is 0 Å². The van der Waals surface area contributed by atoms with Gasteiger partial charge >= 0.3 is 0 Å². The van der Waals surface area contributed by atoms with E-state index in [1.807, 2.05) is 13.8 Å². The van der Waals surface area contributed by atoms with Crippen molar-refractivity contribution in [3.63, 3.8) is 0 Å². The first-order valence-corrected chi connectivity index (χ1v) is 4.20. The van der Waals surface area contributed by atoms with Crippen LogP contribution in [0.4, 0.5) is 5.82 Å². The third kappa shape index (κ3) is 0.921. The number of nitrogens with zero attached hydrogens (tertiary/aromatic N) is 3. The van der Waals surface area contributed by atoms with E-state index in [9.17, 15) is 4.79 Å². The molecule has 0 fully saturated rings. The molecule has 0 spiro atoms. The summed E-state index contributed by atoms with van der Waals surface area (Å²) in [5.41, 5.74) is 8.68. The molecule has 0 aliphatic heterocycles. The molecule has 0 saturated carbocycles. The minimum Gasteiger partial charge on any atom is -0.382 e. The van der Waals surface area contributed by atoms with Crippen molar-refractivity contribution in [3.8, 4) is 0 Å². The summed E-state index contributed by atoms with van der Waals surface area (Å²) in [6.07, 6.45) is 2.20. The Hall–Kier alpha value is -1.91. The van der Waals surface area contributed by atoms with Crippen molar-refractivity contribution in [2.24, 2.45) is 0 Å². The van der Waals surface area contributed by atoms with Crippen molar-refractivity contribution in [1.82, 2.24) is 14.6 Å². The second kappa shape index (κ2) is 2.80. The van der Waals surface area contributed by atoms with Crippen LogP contribution in [0.3, 0.4) is 0 Å². The molecule has 72 valence electrons.